The zero-order chi connectivity index (χ0) is 34.8. The van der Waals surface area contributed by atoms with Crippen LogP contribution in [0, 0.1) is 0 Å². The molecule has 1 nitrogen and oxygen atoms in total. The lowest BCUT2D eigenvalue weighted by molar-refractivity contribution is 0.443. The maximum atomic E-state index is 2.51. The highest BCUT2D eigenvalue weighted by Gasteiger charge is 2.38. The van der Waals surface area contributed by atoms with E-state index in [2.05, 4.69) is 146 Å². The first-order valence-electron chi connectivity index (χ1n) is 20.1. The van der Waals surface area contributed by atoms with Crippen molar-refractivity contribution in [2.75, 3.05) is 4.90 Å². The number of benzene rings is 7. The fourth-order valence-electron chi connectivity index (χ4n) is 10.5. The van der Waals surface area contributed by atoms with Crippen LogP contribution in [0.2, 0.25) is 0 Å². The van der Waals surface area contributed by atoms with Crippen LogP contribution in [0.3, 0.4) is 0 Å². The van der Waals surface area contributed by atoms with Crippen LogP contribution in [0.4, 0.5) is 17.1 Å². The van der Waals surface area contributed by atoms with E-state index in [1.165, 1.54) is 147 Å². The molecule has 0 amide bonds. The molecule has 0 atom stereocenters. The standard InChI is InChI=1S/C51H49N/c1-51(2)48-33-39-31-42(30-25-38(39)32-47(48)49-45-19-11-9-17-43(45)44-18-10-12-20-46(44)50(49)51)52(40-26-21-36(22-27-40)34-13-5-3-6-14-34)41-28-23-37(24-29-41)35-15-7-4-8-16-35/h9-12,17-35H,3-8,13-16H2,1-2H3. The Morgan fingerprint density at radius 3 is 1.54 bits per heavy atom. The first-order valence-corrected chi connectivity index (χ1v) is 20.1. The van der Waals surface area contributed by atoms with E-state index >= 15 is 0 Å². The van der Waals surface area contributed by atoms with E-state index in [9.17, 15) is 0 Å². The summed E-state index contributed by atoms with van der Waals surface area (Å²) in [5.41, 5.74) is 12.3. The van der Waals surface area contributed by atoms with Crippen LogP contribution in [0.15, 0.2) is 127 Å². The lowest BCUT2D eigenvalue weighted by Crippen LogP contribution is -2.15. The van der Waals surface area contributed by atoms with Gasteiger partial charge in [0.1, 0.15) is 0 Å². The molecular formula is C51H49N. The van der Waals surface area contributed by atoms with Crippen molar-refractivity contribution in [2.45, 2.75) is 95.3 Å². The fourth-order valence-corrected chi connectivity index (χ4v) is 10.5. The Morgan fingerprint density at radius 1 is 0.462 bits per heavy atom. The Bertz CT molecular complexity index is 2370. The Balaban J connectivity index is 1.10. The molecule has 2 saturated carbocycles. The lowest BCUT2D eigenvalue weighted by atomic mass is 9.79. The van der Waals surface area contributed by atoms with Gasteiger partial charge in [0.25, 0.3) is 0 Å². The van der Waals surface area contributed by atoms with Gasteiger partial charge >= 0.3 is 0 Å². The summed E-state index contributed by atoms with van der Waals surface area (Å²) in [6.07, 6.45) is 13.5. The van der Waals surface area contributed by atoms with Crippen molar-refractivity contribution in [3.05, 3.63) is 150 Å². The first-order chi connectivity index (χ1) is 25.5. The highest BCUT2D eigenvalue weighted by Crippen LogP contribution is 2.55. The highest BCUT2D eigenvalue weighted by molar-refractivity contribution is 6.19. The molecule has 0 radical (unpaired) electrons. The van der Waals surface area contributed by atoms with Crippen molar-refractivity contribution in [1.82, 2.24) is 0 Å². The van der Waals surface area contributed by atoms with E-state index in [4.69, 9.17) is 0 Å². The minimum Gasteiger partial charge on any atom is -0.310 e. The predicted molar refractivity (Wildman–Crippen MR) is 223 cm³/mol. The van der Waals surface area contributed by atoms with E-state index in [1.54, 1.807) is 0 Å². The Kier molecular flexibility index (Phi) is 7.75. The Morgan fingerprint density at radius 2 is 0.962 bits per heavy atom. The van der Waals surface area contributed by atoms with E-state index < -0.39 is 0 Å². The summed E-state index contributed by atoms with van der Waals surface area (Å²) in [5.74, 6) is 1.41. The number of anilines is 3. The van der Waals surface area contributed by atoms with E-state index in [0.717, 1.165) is 0 Å². The minimum atomic E-state index is -0.123. The lowest BCUT2D eigenvalue weighted by Gasteiger charge is -2.28. The molecule has 1 heteroatoms. The minimum absolute atomic E-state index is 0.123. The van der Waals surface area contributed by atoms with Gasteiger partial charge in [0.15, 0.2) is 0 Å². The van der Waals surface area contributed by atoms with Crippen molar-refractivity contribution < 1.29 is 0 Å². The number of rotatable bonds is 5. The first kappa shape index (κ1) is 31.8. The fraction of sp³-hybridized carbons (Fsp3) is 0.294. The molecule has 2 fully saturated rings. The molecule has 0 saturated heterocycles. The van der Waals surface area contributed by atoms with Gasteiger partial charge in [0, 0.05) is 22.5 Å². The molecule has 0 bridgehead atoms. The van der Waals surface area contributed by atoms with Crippen LogP contribution in [0.25, 0.3) is 43.4 Å². The third kappa shape index (κ3) is 5.19. The van der Waals surface area contributed by atoms with Crippen LogP contribution >= 0.6 is 0 Å². The summed E-state index contributed by atoms with van der Waals surface area (Å²) < 4.78 is 0. The van der Waals surface area contributed by atoms with Crippen LogP contribution in [0.1, 0.15) is 112 Å². The quantitative estimate of drug-likeness (QED) is 0.164. The molecule has 0 N–H and O–H groups in total. The summed E-state index contributed by atoms with van der Waals surface area (Å²) >= 11 is 0. The third-order valence-corrected chi connectivity index (χ3v) is 13.2. The molecule has 0 aliphatic heterocycles. The van der Waals surface area contributed by atoms with Gasteiger partial charge < -0.3 is 4.90 Å². The second-order valence-electron chi connectivity index (χ2n) is 16.6. The zero-order valence-corrected chi connectivity index (χ0v) is 30.8. The maximum absolute atomic E-state index is 2.51. The van der Waals surface area contributed by atoms with Gasteiger partial charge in [-0.05, 0) is 152 Å². The van der Waals surface area contributed by atoms with Gasteiger partial charge in [0.2, 0.25) is 0 Å². The second-order valence-corrected chi connectivity index (χ2v) is 16.6. The van der Waals surface area contributed by atoms with Crippen LogP contribution in [-0.2, 0) is 5.41 Å². The number of hydrogen-bond acceptors (Lipinski definition) is 1. The Hall–Kier alpha value is -4.88. The normalized spacial score (nSPS) is 17.4. The zero-order valence-electron chi connectivity index (χ0n) is 30.8. The molecule has 10 rings (SSSR count). The van der Waals surface area contributed by atoms with Gasteiger partial charge in [-0.25, -0.2) is 0 Å². The van der Waals surface area contributed by atoms with Gasteiger partial charge in [-0.1, -0.05) is 131 Å². The third-order valence-electron chi connectivity index (χ3n) is 13.2. The molecule has 3 aliphatic carbocycles. The van der Waals surface area contributed by atoms with Gasteiger partial charge in [-0.2, -0.15) is 0 Å². The molecule has 0 aromatic heterocycles. The molecule has 7 aromatic rings. The SMILES string of the molecule is CC1(C)c2cc3cc(N(c4ccc(C5CCCCC5)cc4)c4ccc(C5CCCCC5)cc4)ccc3cc2-c2c1c1ccccc1c1ccccc21. The smallest absolute Gasteiger partial charge is 0.0468 e. The van der Waals surface area contributed by atoms with Crippen LogP contribution in [-0.4, -0.2) is 0 Å². The summed E-state index contributed by atoms with van der Waals surface area (Å²) in [6, 6.07) is 49.3. The van der Waals surface area contributed by atoms with Crippen LogP contribution < -0.4 is 4.90 Å². The van der Waals surface area contributed by atoms with E-state index in [0.29, 0.717) is 11.8 Å². The summed E-state index contributed by atoms with van der Waals surface area (Å²) in [4.78, 5) is 2.49. The average Bonchev–Trinajstić information content (AvgIpc) is 3.44. The van der Waals surface area contributed by atoms with Crippen molar-refractivity contribution in [1.29, 1.82) is 0 Å². The van der Waals surface area contributed by atoms with Gasteiger partial charge in [-0.3, -0.25) is 0 Å². The average molecular weight is 676 g/mol. The molecular weight excluding hydrogens is 627 g/mol. The van der Waals surface area contributed by atoms with Gasteiger partial charge in [-0.15, -0.1) is 0 Å². The maximum Gasteiger partial charge on any atom is 0.0468 e. The van der Waals surface area contributed by atoms with E-state index in [1.807, 2.05) is 0 Å². The molecule has 52 heavy (non-hydrogen) atoms. The van der Waals surface area contributed by atoms with Crippen molar-refractivity contribution in [2.24, 2.45) is 0 Å². The highest BCUT2D eigenvalue weighted by atomic mass is 15.1. The van der Waals surface area contributed by atoms with Crippen LogP contribution in [0.5, 0.6) is 0 Å². The molecule has 0 unspecified atom stereocenters. The summed E-state index contributed by atoms with van der Waals surface area (Å²) in [7, 11) is 0. The molecule has 258 valence electrons. The monoisotopic (exact) mass is 675 g/mol. The van der Waals surface area contributed by atoms with Crippen molar-refractivity contribution in [3.63, 3.8) is 0 Å². The molecule has 3 aliphatic rings. The molecule has 7 aromatic carbocycles. The molecule has 0 spiro atoms. The molecule has 0 heterocycles. The summed E-state index contributed by atoms with van der Waals surface area (Å²) in [5, 5.41) is 8.03. The number of hydrogen-bond donors (Lipinski definition) is 0. The van der Waals surface area contributed by atoms with E-state index in [-0.39, 0.29) is 5.41 Å². The number of nitrogens with zero attached hydrogens (tertiary/aromatic N) is 1. The second kappa shape index (κ2) is 12.7. The van der Waals surface area contributed by atoms with Crippen molar-refractivity contribution >= 4 is 49.4 Å². The topological polar surface area (TPSA) is 3.24 Å². The number of fused-ring (bicyclic) bond motifs is 9. The van der Waals surface area contributed by atoms with Crippen molar-refractivity contribution in [3.8, 4) is 11.1 Å². The van der Waals surface area contributed by atoms with Gasteiger partial charge in [0.05, 0.1) is 0 Å². The summed E-state index contributed by atoms with van der Waals surface area (Å²) in [6.45, 7) is 4.87. The Labute approximate surface area is 309 Å². The predicted octanol–water partition coefficient (Wildman–Crippen LogP) is 15.0. The largest absolute Gasteiger partial charge is 0.310 e.